The second kappa shape index (κ2) is 6.87. The largest absolute Gasteiger partial charge is 0.444 e. The van der Waals surface area contributed by atoms with Crippen molar-refractivity contribution >= 4 is 0 Å². The Labute approximate surface area is 127 Å². The predicted molar refractivity (Wildman–Crippen MR) is 85.7 cm³/mol. The van der Waals surface area contributed by atoms with Gasteiger partial charge in [-0.3, -0.25) is 4.90 Å². The zero-order valence-corrected chi connectivity index (χ0v) is 13.2. The van der Waals surface area contributed by atoms with Gasteiger partial charge < -0.3 is 10.2 Å². The molecule has 0 unspecified atom stereocenters. The fourth-order valence-corrected chi connectivity index (χ4v) is 2.27. The highest BCUT2D eigenvalue weighted by Gasteiger charge is 2.20. The van der Waals surface area contributed by atoms with E-state index in [9.17, 15) is 0 Å². The van der Waals surface area contributed by atoms with Crippen LogP contribution in [-0.4, -0.2) is 29.5 Å². The number of nitrogens with zero attached hydrogens (tertiary/aromatic N) is 2. The topological polar surface area (TPSA) is 55.3 Å². The molecule has 2 rings (SSSR count). The van der Waals surface area contributed by atoms with E-state index in [0.717, 1.165) is 30.9 Å². The molecule has 0 radical (unpaired) electrons. The van der Waals surface area contributed by atoms with Gasteiger partial charge in [-0.05, 0) is 30.6 Å². The molecule has 1 aromatic heterocycles. The average Bonchev–Trinajstić information content (AvgIpc) is 2.96. The van der Waals surface area contributed by atoms with Gasteiger partial charge in [-0.25, -0.2) is 4.98 Å². The molecule has 0 spiro atoms. The first kappa shape index (κ1) is 15.7. The number of nitrogens with two attached hydrogens (primary N) is 1. The lowest BCUT2D eigenvalue weighted by Crippen LogP contribution is -2.38. The lowest BCUT2D eigenvalue weighted by Gasteiger charge is -2.30. The van der Waals surface area contributed by atoms with Crippen LogP contribution in [0.5, 0.6) is 0 Å². The Balaban J connectivity index is 2.04. The van der Waals surface area contributed by atoms with E-state index in [-0.39, 0.29) is 5.41 Å². The van der Waals surface area contributed by atoms with Crippen molar-refractivity contribution in [2.24, 2.45) is 11.1 Å². The van der Waals surface area contributed by atoms with Crippen LogP contribution in [0.25, 0.3) is 11.5 Å². The molecule has 4 nitrogen and oxygen atoms in total. The zero-order valence-electron chi connectivity index (χ0n) is 13.2. The van der Waals surface area contributed by atoms with Gasteiger partial charge in [0.2, 0.25) is 5.89 Å². The van der Waals surface area contributed by atoms with Gasteiger partial charge in [-0.2, -0.15) is 0 Å². The van der Waals surface area contributed by atoms with E-state index in [4.69, 9.17) is 10.2 Å². The molecule has 2 N–H and O–H groups in total. The molecule has 1 heterocycles. The SMILES string of the molecule is CCN(Cc1coc(-c2ccccc2)n1)CC(C)(C)CN. The molecule has 0 atom stereocenters. The second-order valence-electron chi connectivity index (χ2n) is 6.18. The summed E-state index contributed by atoms with van der Waals surface area (Å²) in [6.45, 7) is 9.92. The van der Waals surface area contributed by atoms with Crippen LogP contribution in [0.2, 0.25) is 0 Å². The molecule has 0 aliphatic heterocycles. The minimum absolute atomic E-state index is 0.113. The molecular weight excluding hydrogens is 262 g/mol. The van der Waals surface area contributed by atoms with Crippen molar-refractivity contribution in [2.45, 2.75) is 27.3 Å². The van der Waals surface area contributed by atoms with Gasteiger partial charge in [0.05, 0.1) is 5.69 Å². The summed E-state index contributed by atoms with van der Waals surface area (Å²) in [5.74, 6) is 0.680. The number of benzene rings is 1. The van der Waals surface area contributed by atoms with Gasteiger partial charge in [-0.1, -0.05) is 39.0 Å². The van der Waals surface area contributed by atoms with E-state index < -0.39 is 0 Å². The van der Waals surface area contributed by atoms with Crippen LogP contribution in [0, 0.1) is 5.41 Å². The molecule has 0 fully saturated rings. The van der Waals surface area contributed by atoms with E-state index >= 15 is 0 Å². The molecule has 0 amide bonds. The Morgan fingerprint density at radius 3 is 2.57 bits per heavy atom. The van der Waals surface area contributed by atoms with Crippen LogP contribution in [0.1, 0.15) is 26.5 Å². The predicted octanol–water partition coefficient (Wildman–Crippen LogP) is 3.15. The third-order valence-electron chi connectivity index (χ3n) is 3.61. The van der Waals surface area contributed by atoms with Crippen molar-refractivity contribution in [1.82, 2.24) is 9.88 Å². The third kappa shape index (κ3) is 4.41. The van der Waals surface area contributed by atoms with Crippen LogP contribution in [-0.2, 0) is 6.54 Å². The molecule has 0 saturated carbocycles. The summed E-state index contributed by atoms with van der Waals surface area (Å²) in [5.41, 5.74) is 7.91. The molecule has 114 valence electrons. The van der Waals surface area contributed by atoms with Crippen LogP contribution >= 0.6 is 0 Å². The number of hydrogen-bond acceptors (Lipinski definition) is 4. The fourth-order valence-electron chi connectivity index (χ4n) is 2.27. The van der Waals surface area contributed by atoms with E-state index in [1.54, 1.807) is 6.26 Å². The molecule has 2 aromatic rings. The summed E-state index contributed by atoms with van der Waals surface area (Å²) >= 11 is 0. The molecule has 21 heavy (non-hydrogen) atoms. The summed E-state index contributed by atoms with van der Waals surface area (Å²) in [6, 6.07) is 9.97. The maximum absolute atomic E-state index is 5.82. The fraction of sp³-hybridized carbons (Fsp3) is 0.471. The normalized spacial score (nSPS) is 12.0. The monoisotopic (exact) mass is 287 g/mol. The first-order valence-corrected chi connectivity index (χ1v) is 7.46. The van der Waals surface area contributed by atoms with E-state index in [2.05, 4.69) is 30.7 Å². The highest BCUT2D eigenvalue weighted by molar-refractivity contribution is 5.52. The van der Waals surface area contributed by atoms with Gasteiger partial charge >= 0.3 is 0 Å². The van der Waals surface area contributed by atoms with Crippen molar-refractivity contribution in [3.8, 4) is 11.5 Å². The Bertz CT molecular complexity index is 548. The number of aromatic nitrogens is 1. The highest BCUT2D eigenvalue weighted by Crippen LogP contribution is 2.20. The molecule has 0 aliphatic rings. The maximum atomic E-state index is 5.82. The smallest absolute Gasteiger partial charge is 0.226 e. The maximum Gasteiger partial charge on any atom is 0.226 e. The summed E-state index contributed by atoms with van der Waals surface area (Å²) in [6.07, 6.45) is 1.75. The lowest BCUT2D eigenvalue weighted by molar-refractivity contribution is 0.182. The summed E-state index contributed by atoms with van der Waals surface area (Å²) in [4.78, 5) is 6.93. The average molecular weight is 287 g/mol. The van der Waals surface area contributed by atoms with E-state index in [1.165, 1.54) is 0 Å². The van der Waals surface area contributed by atoms with Crippen LogP contribution in [0.4, 0.5) is 0 Å². The standard InChI is InChI=1S/C17H25N3O/c1-4-20(13-17(2,3)12-18)10-15-11-21-16(19-15)14-8-6-5-7-9-14/h5-9,11H,4,10,12-13,18H2,1-3H3. The summed E-state index contributed by atoms with van der Waals surface area (Å²) in [7, 11) is 0. The Morgan fingerprint density at radius 2 is 1.95 bits per heavy atom. The first-order valence-electron chi connectivity index (χ1n) is 7.46. The van der Waals surface area contributed by atoms with Crippen LogP contribution < -0.4 is 5.73 Å². The van der Waals surface area contributed by atoms with Crippen LogP contribution in [0.15, 0.2) is 41.0 Å². The quantitative estimate of drug-likeness (QED) is 0.850. The first-order chi connectivity index (χ1) is 10.0. The molecule has 0 saturated heterocycles. The second-order valence-corrected chi connectivity index (χ2v) is 6.18. The van der Waals surface area contributed by atoms with E-state index in [1.807, 2.05) is 30.3 Å². The Morgan fingerprint density at radius 1 is 1.24 bits per heavy atom. The minimum atomic E-state index is 0.113. The Kier molecular flexibility index (Phi) is 5.15. The number of oxazole rings is 1. The van der Waals surface area contributed by atoms with Gasteiger partial charge in [0, 0.05) is 18.7 Å². The van der Waals surface area contributed by atoms with Gasteiger partial charge in [0.1, 0.15) is 6.26 Å². The molecule has 0 aliphatic carbocycles. The zero-order chi connectivity index (χ0) is 15.3. The van der Waals surface area contributed by atoms with Crippen molar-refractivity contribution < 1.29 is 4.42 Å². The van der Waals surface area contributed by atoms with Gasteiger partial charge in [0.15, 0.2) is 0 Å². The number of rotatable bonds is 7. The molecule has 0 bridgehead atoms. The van der Waals surface area contributed by atoms with Crippen molar-refractivity contribution in [2.75, 3.05) is 19.6 Å². The Hall–Kier alpha value is -1.65. The third-order valence-corrected chi connectivity index (χ3v) is 3.61. The van der Waals surface area contributed by atoms with E-state index in [0.29, 0.717) is 12.4 Å². The highest BCUT2D eigenvalue weighted by atomic mass is 16.3. The van der Waals surface area contributed by atoms with Crippen LogP contribution in [0.3, 0.4) is 0 Å². The molecule has 4 heteroatoms. The van der Waals surface area contributed by atoms with Crippen molar-refractivity contribution in [3.63, 3.8) is 0 Å². The lowest BCUT2D eigenvalue weighted by atomic mass is 9.93. The molecule has 1 aromatic carbocycles. The molecular formula is C17H25N3O. The summed E-state index contributed by atoms with van der Waals surface area (Å²) < 4.78 is 5.59. The van der Waals surface area contributed by atoms with Gasteiger partial charge in [-0.15, -0.1) is 0 Å². The minimum Gasteiger partial charge on any atom is -0.444 e. The van der Waals surface area contributed by atoms with Crippen molar-refractivity contribution in [3.05, 3.63) is 42.3 Å². The number of hydrogen-bond donors (Lipinski definition) is 1. The van der Waals surface area contributed by atoms with Crippen molar-refractivity contribution in [1.29, 1.82) is 0 Å². The summed E-state index contributed by atoms with van der Waals surface area (Å²) in [5, 5.41) is 0. The van der Waals surface area contributed by atoms with Gasteiger partial charge in [0.25, 0.3) is 0 Å².